The van der Waals surface area contributed by atoms with E-state index in [-0.39, 0.29) is 0 Å². The number of nitrogens with zero attached hydrogens (tertiary/aromatic N) is 2. The fourth-order valence-corrected chi connectivity index (χ4v) is 4.89. The zero-order valence-corrected chi connectivity index (χ0v) is 19.3. The Bertz CT molecular complexity index is 1110. The van der Waals surface area contributed by atoms with Gasteiger partial charge in [-0.25, -0.2) is 9.97 Å². The number of rotatable bonds is 4. The maximum Gasteiger partial charge on any atom is 0.142 e. The molecule has 3 N–H and O–H groups in total. The van der Waals surface area contributed by atoms with E-state index >= 15 is 0 Å². The van der Waals surface area contributed by atoms with Crippen molar-refractivity contribution >= 4 is 62.3 Å². The second kappa shape index (κ2) is 10.0. The number of thiophene rings is 1. The highest BCUT2D eigenvalue weighted by Crippen LogP contribution is 2.35. The van der Waals surface area contributed by atoms with E-state index in [4.69, 9.17) is 5.73 Å². The fourth-order valence-electron chi connectivity index (χ4n) is 2.82. The minimum atomic E-state index is 0.866. The molecule has 0 aliphatic heterocycles. The molecule has 4 nitrogen and oxygen atoms in total. The Hall–Kier alpha value is -2.22. The number of nitrogen functional groups attached to an aromatic ring is 1. The number of hydrogen-bond donors (Lipinski definition) is 2. The maximum absolute atomic E-state index is 5.61. The average molecular weight is 441 g/mol. The minimum absolute atomic E-state index is 0.866. The number of anilines is 3. The standard InChI is InChI=1S/C15H15N3S2.C7H9NS/c1-9-10(2)20-15-13(9)14(16-8-17-15)18-11-6-4-5-7-12(11)19-3;1-9-7-5-3-2-4-6(7)8/h4-8H,1-3H3,(H,16,17,18);2-5H,8H2,1H3. The number of nitrogens with two attached hydrogens (primary N) is 1. The number of para-hydroxylation sites is 2. The van der Waals surface area contributed by atoms with E-state index < -0.39 is 0 Å². The molecule has 4 aromatic rings. The van der Waals surface area contributed by atoms with Crippen LogP contribution in [0.4, 0.5) is 17.2 Å². The number of fused-ring (bicyclic) bond motifs is 1. The van der Waals surface area contributed by atoms with Gasteiger partial charge < -0.3 is 11.1 Å². The Morgan fingerprint density at radius 1 is 0.897 bits per heavy atom. The number of hydrogen-bond acceptors (Lipinski definition) is 7. The lowest BCUT2D eigenvalue weighted by Crippen LogP contribution is -1.96. The highest BCUT2D eigenvalue weighted by Gasteiger charge is 2.12. The van der Waals surface area contributed by atoms with Crippen LogP contribution in [-0.2, 0) is 0 Å². The molecular weight excluding hydrogens is 416 g/mol. The molecule has 7 heteroatoms. The van der Waals surface area contributed by atoms with Crippen LogP contribution >= 0.6 is 34.9 Å². The number of aryl methyl sites for hydroxylation is 2. The second-order valence-corrected chi connectivity index (χ2v) is 9.15. The Morgan fingerprint density at radius 2 is 1.55 bits per heavy atom. The molecule has 0 atom stereocenters. The normalized spacial score (nSPS) is 10.5. The predicted molar refractivity (Wildman–Crippen MR) is 131 cm³/mol. The monoisotopic (exact) mass is 440 g/mol. The molecule has 0 fully saturated rings. The summed E-state index contributed by atoms with van der Waals surface area (Å²) in [5.74, 6) is 0.887. The zero-order chi connectivity index (χ0) is 20.8. The quantitative estimate of drug-likeness (QED) is 0.270. The molecule has 0 amide bonds. The molecular formula is C22H24N4S3. The first-order valence-corrected chi connectivity index (χ1v) is 12.3. The first-order chi connectivity index (χ1) is 14.0. The molecule has 4 rings (SSSR count). The molecule has 0 aliphatic carbocycles. The van der Waals surface area contributed by atoms with E-state index in [1.807, 2.05) is 42.7 Å². The SMILES string of the molecule is CSc1ccccc1N.CSc1ccccc1Nc1ncnc2sc(C)c(C)c12. The van der Waals surface area contributed by atoms with Gasteiger partial charge in [-0.2, -0.15) is 0 Å². The van der Waals surface area contributed by atoms with Gasteiger partial charge in [-0.3, -0.25) is 0 Å². The van der Waals surface area contributed by atoms with Gasteiger partial charge in [0.25, 0.3) is 0 Å². The molecule has 0 saturated heterocycles. The number of thioether (sulfide) groups is 2. The van der Waals surface area contributed by atoms with E-state index in [0.717, 1.165) is 32.3 Å². The molecule has 2 aromatic carbocycles. The Balaban J connectivity index is 0.000000224. The third-order valence-corrected chi connectivity index (χ3v) is 7.19. The van der Waals surface area contributed by atoms with Crippen molar-refractivity contribution in [2.45, 2.75) is 23.6 Å². The van der Waals surface area contributed by atoms with Crippen LogP contribution in [0.1, 0.15) is 10.4 Å². The van der Waals surface area contributed by atoms with Crippen LogP contribution in [0.3, 0.4) is 0 Å². The topological polar surface area (TPSA) is 63.8 Å². The molecule has 0 bridgehead atoms. The van der Waals surface area contributed by atoms with Crippen molar-refractivity contribution in [2.75, 3.05) is 23.6 Å². The van der Waals surface area contributed by atoms with Gasteiger partial charge in [0.2, 0.25) is 0 Å². The van der Waals surface area contributed by atoms with Crippen molar-refractivity contribution < 1.29 is 0 Å². The molecule has 0 aliphatic rings. The molecule has 2 aromatic heterocycles. The average Bonchev–Trinajstić information content (AvgIpc) is 3.04. The summed E-state index contributed by atoms with van der Waals surface area (Å²) in [4.78, 5) is 13.5. The van der Waals surface area contributed by atoms with Crippen molar-refractivity contribution in [1.82, 2.24) is 9.97 Å². The minimum Gasteiger partial charge on any atom is -0.398 e. The van der Waals surface area contributed by atoms with Gasteiger partial charge in [0.15, 0.2) is 0 Å². The van der Waals surface area contributed by atoms with Crippen molar-refractivity contribution in [3.05, 3.63) is 65.3 Å². The lowest BCUT2D eigenvalue weighted by atomic mass is 10.2. The Kier molecular flexibility index (Phi) is 7.41. The third kappa shape index (κ3) is 5.04. The molecule has 0 saturated carbocycles. The van der Waals surface area contributed by atoms with Gasteiger partial charge in [-0.05, 0) is 56.2 Å². The Morgan fingerprint density at radius 3 is 2.21 bits per heavy atom. The summed E-state index contributed by atoms with van der Waals surface area (Å²) in [5.41, 5.74) is 8.82. The van der Waals surface area contributed by atoms with Crippen LogP contribution in [0.25, 0.3) is 10.2 Å². The first kappa shape index (κ1) is 21.5. The largest absolute Gasteiger partial charge is 0.398 e. The number of aromatic nitrogens is 2. The van der Waals surface area contributed by atoms with Gasteiger partial charge in [-0.1, -0.05) is 24.3 Å². The molecule has 0 radical (unpaired) electrons. The summed E-state index contributed by atoms with van der Waals surface area (Å²) in [6, 6.07) is 16.1. The smallest absolute Gasteiger partial charge is 0.142 e. The summed E-state index contributed by atoms with van der Waals surface area (Å²) in [7, 11) is 0. The van der Waals surface area contributed by atoms with E-state index in [0.29, 0.717) is 0 Å². The predicted octanol–water partition coefficient (Wildman–Crippen LogP) is 6.76. The molecule has 2 heterocycles. The molecule has 0 spiro atoms. The van der Waals surface area contributed by atoms with E-state index in [9.17, 15) is 0 Å². The third-order valence-electron chi connectivity index (χ3n) is 4.46. The lowest BCUT2D eigenvalue weighted by Gasteiger charge is -2.10. The summed E-state index contributed by atoms with van der Waals surface area (Å²) in [6.07, 6.45) is 5.73. The summed E-state index contributed by atoms with van der Waals surface area (Å²) < 4.78 is 0. The summed E-state index contributed by atoms with van der Waals surface area (Å²) in [5, 5.41) is 4.59. The van der Waals surface area contributed by atoms with Crippen molar-refractivity contribution in [3.63, 3.8) is 0 Å². The van der Waals surface area contributed by atoms with E-state index in [2.05, 4.69) is 47.5 Å². The molecule has 0 unspecified atom stereocenters. The van der Waals surface area contributed by atoms with Crippen LogP contribution < -0.4 is 11.1 Å². The zero-order valence-electron chi connectivity index (χ0n) is 16.9. The first-order valence-electron chi connectivity index (χ1n) is 9.04. The van der Waals surface area contributed by atoms with Gasteiger partial charge in [0.05, 0.1) is 11.1 Å². The highest BCUT2D eigenvalue weighted by molar-refractivity contribution is 7.99. The van der Waals surface area contributed by atoms with Gasteiger partial charge >= 0.3 is 0 Å². The van der Waals surface area contributed by atoms with Crippen molar-refractivity contribution in [2.24, 2.45) is 0 Å². The summed E-state index contributed by atoms with van der Waals surface area (Å²) >= 11 is 5.11. The number of benzene rings is 2. The van der Waals surface area contributed by atoms with Gasteiger partial charge in [0, 0.05) is 20.4 Å². The fraction of sp³-hybridized carbons (Fsp3) is 0.182. The molecule has 29 heavy (non-hydrogen) atoms. The maximum atomic E-state index is 5.61. The van der Waals surface area contributed by atoms with Gasteiger partial charge in [-0.15, -0.1) is 34.9 Å². The van der Waals surface area contributed by atoms with Crippen molar-refractivity contribution in [3.8, 4) is 0 Å². The van der Waals surface area contributed by atoms with Gasteiger partial charge in [0.1, 0.15) is 17.0 Å². The van der Waals surface area contributed by atoms with Crippen LogP contribution in [0.2, 0.25) is 0 Å². The number of nitrogens with one attached hydrogen (secondary N) is 1. The van der Waals surface area contributed by atoms with Crippen LogP contribution in [0.5, 0.6) is 0 Å². The Labute approximate surface area is 184 Å². The van der Waals surface area contributed by atoms with Crippen LogP contribution in [0.15, 0.2) is 64.6 Å². The van der Waals surface area contributed by atoms with E-state index in [1.165, 1.54) is 15.3 Å². The summed E-state index contributed by atoms with van der Waals surface area (Å²) in [6.45, 7) is 4.25. The van der Waals surface area contributed by atoms with Crippen LogP contribution in [0, 0.1) is 13.8 Å². The second-order valence-electron chi connectivity index (χ2n) is 6.25. The van der Waals surface area contributed by atoms with Crippen LogP contribution in [-0.4, -0.2) is 22.5 Å². The van der Waals surface area contributed by atoms with Crippen molar-refractivity contribution in [1.29, 1.82) is 0 Å². The molecule has 150 valence electrons. The van der Waals surface area contributed by atoms with E-state index in [1.54, 1.807) is 41.2 Å². The highest BCUT2D eigenvalue weighted by atomic mass is 32.2. The lowest BCUT2D eigenvalue weighted by molar-refractivity contribution is 1.22.